The number of ether oxygens (including phenoxy) is 1. The standard InChI is InChI=1S/C27H27N3O5/c1-17(26(32)33)15-30(2)25(31)13-18-11-12-19(14-28-18)29-27(34)35-16-24-22-9-5-3-7-20(22)21-8-4-6-10-23(21)24/h3-12,14,17,24H,13,15-16H2,1-2H3,(H,29,34)(H,32,33). The molecule has 2 amide bonds. The third kappa shape index (κ3) is 5.48. The van der Waals surface area contributed by atoms with Gasteiger partial charge in [0.1, 0.15) is 6.61 Å². The van der Waals surface area contributed by atoms with Crippen molar-refractivity contribution in [3.05, 3.63) is 83.7 Å². The minimum Gasteiger partial charge on any atom is -0.481 e. The smallest absolute Gasteiger partial charge is 0.411 e. The van der Waals surface area contributed by atoms with E-state index in [0.717, 1.165) is 22.3 Å². The Morgan fingerprint density at radius 3 is 2.23 bits per heavy atom. The fraction of sp³-hybridized carbons (Fsp3) is 0.259. The highest BCUT2D eigenvalue weighted by Crippen LogP contribution is 2.44. The van der Waals surface area contributed by atoms with Gasteiger partial charge in [-0.3, -0.25) is 19.9 Å². The Bertz CT molecular complexity index is 1200. The van der Waals surface area contributed by atoms with Crippen LogP contribution in [0.1, 0.15) is 29.7 Å². The van der Waals surface area contributed by atoms with Gasteiger partial charge in [0.15, 0.2) is 0 Å². The molecular weight excluding hydrogens is 446 g/mol. The zero-order valence-electron chi connectivity index (χ0n) is 19.6. The summed E-state index contributed by atoms with van der Waals surface area (Å²) >= 11 is 0. The third-order valence-electron chi connectivity index (χ3n) is 6.14. The molecule has 0 bridgehead atoms. The van der Waals surface area contributed by atoms with Crippen LogP contribution < -0.4 is 5.32 Å². The fourth-order valence-corrected chi connectivity index (χ4v) is 4.24. The molecule has 1 heterocycles. The zero-order valence-corrected chi connectivity index (χ0v) is 19.6. The molecule has 0 radical (unpaired) electrons. The second-order valence-corrected chi connectivity index (χ2v) is 8.68. The number of benzene rings is 2. The van der Waals surface area contributed by atoms with Crippen molar-refractivity contribution in [3.8, 4) is 11.1 Å². The third-order valence-corrected chi connectivity index (χ3v) is 6.14. The van der Waals surface area contributed by atoms with E-state index in [1.807, 2.05) is 24.3 Å². The first-order chi connectivity index (χ1) is 16.8. The summed E-state index contributed by atoms with van der Waals surface area (Å²) in [6.07, 6.45) is 0.915. The van der Waals surface area contributed by atoms with Gasteiger partial charge in [-0.05, 0) is 34.4 Å². The van der Waals surface area contributed by atoms with Crippen molar-refractivity contribution in [2.45, 2.75) is 19.3 Å². The summed E-state index contributed by atoms with van der Waals surface area (Å²) in [5.41, 5.74) is 5.57. The first kappa shape index (κ1) is 23.9. The number of amides is 2. The molecule has 0 saturated carbocycles. The Kier molecular flexibility index (Phi) is 7.10. The molecule has 2 N–H and O–H groups in total. The zero-order chi connectivity index (χ0) is 24.9. The second-order valence-electron chi connectivity index (χ2n) is 8.68. The van der Waals surface area contributed by atoms with Crippen molar-refractivity contribution in [2.75, 3.05) is 25.5 Å². The average molecular weight is 474 g/mol. The Labute approximate surface area is 203 Å². The maximum Gasteiger partial charge on any atom is 0.411 e. The van der Waals surface area contributed by atoms with E-state index >= 15 is 0 Å². The number of carbonyl (C=O) groups excluding carboxylic acids is 2. The quantitative estimate of drug-likeness (QED) is 0.508. The summed E-state index contributed by atoms with van der Waals surface area (Å²) in [4.78, 5) is 41.3. The van der Waals surface area contributed by atoms with E-state index in [1.54, 1.807) is 26.1 Å². The topological polar surface area (TPSA) is 109 Å². The lowest BCUT2D eigenvalue weighted by Gasteiger charge is -2.19. The van der Waals surface area contributed by atoms with Crippen molar-refractivity contribution < 1.29 is 24.2 Å². The Morgan fingerprint density at radius 1 is 1.03 bits per heavy atom. The van der Waals surface area contributed by atoms with Crippen molar-refractivity contribution in [3.63, 3.8) is 0 Å². The van der Waals surface area contributed by atoms with Crippen LogP contribution in [0.25, 0.3) is 11.1 Å². The number of pyridine rings is 1. The number of aromatic nitrogens is 1. The minimum absolute atomic E-state index is 0.0273. The Balaban J connectivity index is 1.31. The number of rotatable bonds is 8. The summed E-state index contributed by atoms with van der Waals surface area (Å²) in [5.74, 6) is -1.87. The summed E-state index contributed by atoms with van der Waals surface area (Å²) < 4.78 is 5.54. The molecule has 1 aliphatic rings. The van der Waals surface area contributed by atoms with Crippen LogP contribution in [-0.2, 0) is 20.7 Å². The number of hydrogen-bond acceptors (Lipinski definition) is 5. The number of carboxylic acid groups (broad SMARTS) is 1. The van der Waals surface area contributed by atoms with Gasteiger partial charge >= 0.3 is 12.1 Å². The largest absolute Gasteiger partial charge is 0.481 e. The first-order valence-electron chi connectivity index (χ1n) is 11.4. The molecule has 0 aliphatic heterocycles. The number of nitrogens with one attached hydrogen (secondary N) is 1. The van der Waals surface area contributed by atoms with Gasteiger partial charge in [0.05, 0.1) is 24.2 Å². The molecule has 1 aliphatic carbocycles. The number of carboxylic acids is 1. The van der Waals surface area contributed by atoms with E-state index in [2.05, 4.69) is 34.6 Å². The molecule has 4 rings (SSSR count). The normalized spacial score (nSPS) is 12.9. The number of anilines is 1. The highest BCUT2D eigenvalue weighted by molar-refractivity contribution is 5.85. The predicted octanol–water partition coefficient (Wildman–Crippen LogP) is 4.16. The van der Waals surface area contributed by atoms with E-state index in [4.69, 9.17) is 9.84 Å². The molecule has 2 aromatic carbocycles. The molecule has 1 atom stereocenters. The van der Waals surface area contributed by atoms with Crippen LogP contribution in [0, 0.1) is 5.92 Å². The molecule has 0 fully saturated rings. The SMILES string of the molecule is CC(CN(C)C(=O)Cc1ccc(NC(=O)OCC2c3ccccc3-c3ccccc32)cn1)C(=O)O. The van der Waals surface area contributed by atoms with Gasteiger partial charge in [0.2, 0.25) is 5.91 Å². The van der Waals surface area contributed by atoms with Gasteiger partial charge in [-0.25, -0.2) is 4.79 Å². The van der Waals surface area contributed by atoms with Crippen molar-refractivity contribution in [2.24, 2.45) is 5.92 Å². The Morgan fingerprint density at radius 2 is 1.66 bits per heavy atom. The molecule has 8 nitrogen and oxygen atoms in total. The van der Waals surface area contributed by atoms with Crippen LogP contribution in [0.4, 0.5) is 10.5 Å². The highest BCUT2D eigenvalue weighted by Gasteiger charge is 2.29. The lowest BCUT2D eigenvalue weighted by molar-refractivity contribution is -0.142. The number of likely N-dealkylation sites (N-methyl/N-ethyl adjacent to an activating group) is 1. The van der Waals surface area contributed by atoms with Gasteiger partial charge in [0, 0.05) is 25.2 Å². The van der Waals surface area contributed by atoms with Crippen molar-refractivity contribution in [1.29, 1.82) is 0 Å². The molecule has 3 aromatic rings. The maximum atomic E-state index is 12.4. The lowest BCUT2D eigenvalue weighted by atomic mass is 9.98. The number of fused-ring (bicyclic) bond motifs is 3. The summed E-state index contributed by atoms with van der Waals surface area (Å²) in [6, 6.07) is 19.6. The van der Waals surface area contributed by atoms with Gasteiger partial charge in [-0.2, -0.15) is 0 Å². The summed E-state index contributed by atoms with van der Waals surface area (Å²) in [5, 5.41) is 11.7. The lowest BCUT2D eigenvalue weighted by Crippen LogP contribution is -2.34. The van der Waals surface area contributed by atoms with Crippen LogP contribution in [0.3, 0.4) is 0 Å². The van der Waals surface area contributed by atoms with Crippen LogP contribution in [-0.4, -0.2) is 53.2 Å². The van der Waals surface area contributed by atoms with Gasteiger partial charge < -0.3 is 14.7 Å². The second kappa shape index (κ2) is 10.4. The molecular formula is C27H27N3O5. The van der Waals surface area contributed by atoms with E-state index in [0.29, 0.717) is 11.4 Å². The number of nitrogens with zero attached hydrogens (tertiary/aromatic N) is 2. The number of carbonyl (C=O) groups is 3. The Hall–Kier alpha value is -4.20. The molecule has 1 aromatic heterocycles. The van der Waals surface area contributed by atoms with Crippen LogP contribution in [0.15, 0.2) is 66.9 Å². The predicted molar refractivity (Wildman–Crippen MR) is 131 cm³/mol. The van der Waals surface area contributed by atoms with E-state index < -0.39 is 18.0 Å². The molecule has 0 saturated heterocycles. The molecule has 35 heavy (non-hydrogen) atoms. The van der Waals surface area contributed by atoms with Crippen LogP contribution in [0.2, 0.25) is 0 Å². The van der Waals surface area contributed by atoms with E-state index in [-0.39, 0.29) is 31.4 Å². The maximum absolute atomic E-state index is 12.4. The summed E-state index contributed by atoms with van der Waals surface area (Å²) in [7, 11) is 1.56. The summed E-state index contributed by atoms with van der Waals surface area (Å²) in [6.45, 7) is 1.88. The van der Waals surface area contributed by atoms with Gasteiger partial charge in [-0.1, -0.05) is 55.5 Å². The number of hydrogen-bond donors (Lipinski definition) is 2. The van der Waals surface area contributed by atoms with Crippen LogP contribution >= 0.6 is 0 Å². The molecule has 1 unspecified atom stereocenters. The van der Waals surface area contributed by atoms with E-state index in [1.165, 1.54) is 11.1 Å². The molecule has 8 heteroatoms. The average Bonchev–Trinajstić information content (AvgIpc) is 3.17. The minimum atomic E-state index is -0.952. The van der Waals surface area contributed by atoms with Crippen LogP contribution in [0.5, 0.6) is 0 Å². The monoisotopic (exact) mass is 473 g/mol. The molecule has 0 spiro atoms. The van der Waals surface area contributed by atoms with Gasteiger partial charge in [-0.15, -0.1) is 0 Å². The fourth-order valence-electron chi connectivity index (χ4n) is 4.24. The first-order valence-corrected chi connectivity index (χ1v) is 11.4. The van der Waals surface area contributed by atoms with Gasteiger partial charge in [0.25, 0.3) is 0 Å². The van der Waals surface area contributed by atoms with Crippen molar-refractivity contribution in [1.82, 2.24) is 9.88 Å². The van der Waals surface area contributed by atoms with Crippen molar-refractivity contribution >= 4 is 23.7 Å². The number of aliphatic carboxylic acids is 1. The molecule has 180 valence electrons. The highest BCUT2D eigenvalue weighted by atomic mass is 16.5. The van der Waals surface area contributed by atoms with E-state index in [9.17, 15) is 14.4 Å².